The maximum Gasteiger partial charge on any atom is 0.309 e. The average Bonchev–Trinajstić information content (AvgIpc) is 2.77. The highest BCUT2D eigenvalue weighted by Crippen LogP contribution is 2.21. The van der Waals surface area contributed by atoms with Gasteiger partial charge in [-0.3, -0.25) is 9.59 Å². The van der Waals surface area contributed by atoms with Gasteiger partial charge in [0, 0.05) is 18.1 Å². The summed E-state index contributed by atoms with van der Waals surface area (Å²) in [6.45, 7) is 0.655. The Morgan fingerprint density at radius 3 is 2.40 bits per heavy atom. The van der Waals surface area contributed by atoms with Crippen LogP contribution in [0.4, 0.5) is 0 Å². The summed E-state index contributed by atoms with van der Waals surface area (Å²) in [6, 6.07) is 14.9. The molecule has 160 valence electrons. The summed E-state index contributed by atoms with van der Waals surface area (Å²) in [7, 11) is -3.78. The van der Waals surface area contributed by atoms with Crippen LogP contribution >= 0.6 is 11.6 Å². The number of nitrogens with zero attached hydrogens (tertiary/aromatic N) is 1. The zero-order chi connectivity index (χ0) is 21.6. The molecule has 1 aliphatic rings. The molecule has 0 spiro atoms. The molecule has 2 amide bonds. The molecule has 10 heteroatoms. The zero-order valence-corrected chi connectivity index (χ0v) is 17.7. The topological polar surface area (TPSA) is 105 Å². The molecule has 0 bridgehead atoms. The van der Waals surface area contributed by atoms with Crippen LogP contribution in [0, 0.1) is 0 Å². The number of carbonyl (C=O) groups is 2. The van der Waals surface area contributed by atoms with E-state index < -0.39 is 28.1 Å². The van der Waals surface area contributed by atoms with Crippen molar-refractivity contribution in [2.75, 3.05) is 19.7 Å². The number of ether oxygens (including phenoxy) is 1. The van der Waals surface area contributed by atoms with Gasteiger partial charge in [-0.1, -0.05) is 41.9 Å². The zero-order valence-electron chi connectivity index (χ0n) is 16.1. The summed E-state index contributed by atoms with van der Waals surface area (Å²) in [5, 5.41) is 5.53. The van der Waals surface area contributed by atoms with E-state index in [4.69, 9.17) is 16.3 Å². The summed E-state index contributed by atoms with van der Waals surface area (Å²) in [4.78, 5) is 24.3. The van der Waals surface area contributed by atoms with E-state index in [2.05, 4.69) is 10.6 Å². The standard InChI is InChI=1S/C20H22ClN3O5S/c21-16-9-7-15(8-10-16)13-22-19(25)20(26)23-14-18-24(11-4-12-29-18)30(27,28)17-5-2-1-3-6-17/h1-3,5-10,18H,4,11-14H2,(H,22,25)(H,23,26)/t18-/m0/s1. The van der Waals surface area contributed by atoms with Crippen molar-refractivity contribution in [2.24, 2.45) is 0 Å². The molecule has 1 saturated heterocycles. The largest absolute Gasteiger partial charge is 0.360 e. The van der Waals surface area contributed by atoms with E-state index in [1.807, 2.05) is 0 Å². The van der Waals surface area contributed by atoms with Crippen LogP contribution in [0.1, 0.15) is 12.0 Å². The smallest absolute Gasteiger partial charge is 0.309 e. The number of nitrogens with one attached hydrogen (secondary N) is 2. The van der Waals surface area contributed by atoms with Crippen LogP contribution in [0.3, 0.4) is 0 Å². The second-order valence-electron chi connectivity index (χ2n) is 6.63. The van der Waals surface area contributed by atoms with E-state index in [1.165, 1.54) is 16.4 Å². The van der Waals surface area contributed by atoms with Gasteiger partial charge < -0.3 is 15.4 Å². The summed E-state index contributed by atoms with van der Waals surface area (Å²) < 4.78 is 32.6. The van der Waals surface area contributed by atoms with Crippen LogP contribution < -0.4 is 10.6 Å². The van der Waals surface area contributed by atoms with Gasteiger partial charge in [0.15, 0.2) is 0 Å². The third-order valence-electron chi connectivity index (χ3n) is 4.51. The van der Waals surface area contributed by atoms with E-state index in [1.54, 1.807) is 42.5 Å². The van der Waals surface area contributed by atoms with Crippen LogP contribution in [0.5, 0.6) is 0 Å². The monoisotopic (exact) mass is 451 g/mol. The fourth-order valence-electron chi connectivity index (χ4n) is 2.96. The number of hydrogen-bond donors (Lipinski definition) is 2. The van der Waals surface area contributed by atoms with Gasteiger partial charge >= 0.3 is 11.8 Å². The molecule has 0 aliphatic carbocycles. The first kappa shape index (κ1) is 22.2. The number of sulfonamides is 1. The van der Waals surface area contributed by atoms with Gasteiger partial charge in [-0.2, -0.15) is 4.31 Å². The molecule has 0 saturated carbocycles. The third kappa shape index (κ3) is 5.57. The predicted octanol–water partition coefficient (Wildman–Crippen LogP) is 1.51. The van der Waals surface area contributed by atoms with Crippen molar-refractivity contribution in [3.8, 4) is 0 Å². The highest BCUT2D eigenvalue weighted by molar-refractivity contribution is 7.89. The SMILES string of the molecule is O=C(NCc1ccc(Cl)cc1)C(=O)NC[C@@H]1OCCCN1S(=O)(=O)c1ccccc1. The summed E-state index contributed by atoms with van der Waals surface area (Å²) >= 11 is 5.81. The molecule has 30 heavy (non-hydrogen) atoms. The maximum absolute atomic E-state index is 12.9. The molecule has 2 aromatic carbocycles. The summed E-state index contributed by atoms with van der Waals surface area (Å²) in [5.41, 5.74) is 0.788. The first-order chi connectivity index (χ1) is 14.4. The Morgan fingerprint density at radius 1 is 1.03 bits per heavy atom. The van der Waals surface area contributed by atoms with E-state index in [9.17, 15) is 18.0 Å². The van der Waals surface area contributed by atoms with E-state index in [0.29, 0.717) is 18.1 Å². The minimum atomic E-state index is -3.78. The number of hydrogen-bond acceptors (Lipinski definition) is 5. The molecule has 1 heterocycles. The Hall–Kier alpha value is -2.46. The van der Waals surface area contributed by atoms with Crippen LogP contribution in [0.25, 0.3) is 0 Å². The van der Waals surface area contributed by atoms with Gasteiger partial charge in [0.1, 0.15) is 6.23 Å². The first-order valence-corrected chi connectivity index (χ1v) is 11.2. The number of benzene rings is 2. The highest BCUT2D eigenvalue weighted by atomic mass is 35.5. The molecule has 8 nitrogen and oxygen atoms in total. The average molecular weight is 452 g/mol. The van der Waals surface area contributed by atoms with Gasteiger partial charge in [-0.25, -0.2) is 8.42 Å². The molecule has 0 unspecified atom stereocenters. The lowest BCUT2D eigenvalue weighted by molar-refractivity contribution is -0.140. The summed E-state index contributed by atoms with van der Waals surface area (Å²) in [6.07, 6.45) is -0.352. The van der Waals surface area contributed by atoms with Gasteiger partial charge in [0.05, 0.1) is 18.0 Å². The van der Waals surface area contributed by atoms with Crippen molar-refractivity contribution >= 4 is 33.4 Å². The second kappa shape index (κ2) is 10.0. The predicted molar refractivity (Wildman–Crippen MR) is 111 cm³/mol. The Morgan fingerprint density at radius 2 is 1.70 bits per heavy atom. The molecular weight excluding hydrogens is 430 g/mol. The molecule has 2 N–H and O–H groups in total. The Labute approximate surface area is 180 Å². The van der Waals surface area contributed by atoms with E-state index in [-0.39, 0.29) is 24.5 Å². The van der Waals surface area contributed by atoms with Crippen LogP contribution in [-0.4, -0.2) is 50.5 Å². The van der Waals surface area contributed by atoms with Crippen molar-refractivity contribution in [1.82, 2.24) is 14.9 Å². The summed E-state index contributed by atoms with van der Waals surface area (Å²) in [5.74, 6) is -1.69. The molecule has 0 aromatic heterocycles. The maximum atomic E-state index is 12.9. The lowest BCUT2D eigenvalue weighted by Gasteiger charge is -2.34. The number of halogens is 1. The Bertz CT molecular complexity index is 983. The van der Waals surface area contributed by atoms with Gasteiger partial charge in [-0.05, 0) is 36.2 Å². The number of carbonyl (C=O) groups excluding carboxylic acids is 2. The minimum Gasteiger partial charge on any atom is -0.360 e. The van der Waals surface area contributed by atoms with Crippen LogP contribution in [0.2, 0.25) is 5.02 Å². The van der Waals surface area contributed by atoms with Gasteiger partial charge in [0.25, 0.3) is 0 Å². The second-order valence-corrected chi connectivity index (χ2v) is 8.95. The van der Waals surface area contributed by atoms with Gasteiger partial charge in [-0.15, -0.1) is 0 Å². The fourth-order valence-corrected chi connectivity index (χ4v) is 4.67. The highest BCUT2D eigenvalue weighted by Gasteiger charge is 2.34. The lowest BCUT2D eigenvalue weighted by Crippen LogP contribution is -2.53. The van der Waals surface area contributed by atoms with Crippen molar-refractivity contribution in [2.45, 2.75) is 24.1 Å². The van der Waals surface area contributed by atoms with E-state index in [0.717, 1.165) is 5.56 Å². The molecule has 1 atom stereocenters. The molecule has 3 rings (SSSR count). The first-order valence-electron chi connectivity index (χ1n) is 9.37. The molecular formula is C20H22ClN3O5S. The fraction of sp³-hybridized carbons (Fsp3) is 0.300. The van der Waals surface area contributed by atoms with Crippen molar-refractivity contribution in [3.05, 3.63) is 65.2 Å². The van der Waals surface area contributed by atoms with Crippen LogP contribution in [-0.2, 0) is 30.9 Å². The van der Waals surface area contributed by atoms with Crippen molar-refractivity contribution < 1.29 is 22.7 Å². The molecule has 1 fully saturated rings. The van der Waals surface area contributed by atoms with Crippen LogP contribution in [0.15, 0.2) is 59.5 Å². The van der Waals surface area contributed by atoms with Crippen molar-refractivity contribution in [3.63, 3.8) is 0 Å². The van der Waals surface area contributed by atoms with Gasteiger partial charge in [0.2, 0.25) is 10.0 Å². The lowest BCUT2D eigenvalue weighted by atomic mass is 10.2. The van der Waals surface area contributed by atoms with Crippen molar-refractivity contribution in [1.29, 1.82) is 0 Å². The number of rotatable bonds is 6. The molecule has 1 aliphatic heterocycles. The minimum absolute atomic E-state index is 0.140. The number of amides is 2. The Kier molecular flexibility index (Phi) is 7.43. The quantitative estimate of drug-likeness (QED) is 0.648. The molecule has 2 aromatic rings. The normalized spacial score (nSPS) is 17.3. The Balaban J connectivity index is 1.56. The molecule has 0 radical (unpaired) electrons. The third-order valence-corrected chi connectivity index (χ3v) is 6.67. The van der Waals surface area contributed by atoms with E-state index >= 15 is 0 Å².